The van der Waals surface area contributed by atoms with E-state index in [1.165, 1.54) is 0 Å². The van der Waals surface area contributed by atoms with Gasteiger partial charge in [-0.1, -0.05) is 23.4 Å². The van der Waals surface area contributed by atoms with Crippen molar-refractivity contribution in [3.63, 3.8) is 0 Å². The van der Waals surface area contributed by atoms with Gasteiger partial charge in [-0.2, -0.15) is 0 Å². The Balaban J connectivity index is 1.83. The average molecular weight is 273 g/mol. The van der Waals surface area contributed by atoms with Crippen LogP contribution in [0.5, 0.6) is 0 Å². The molecular formula is C14H13ClN4. The molecule has 4 nitrogen and oxygen atoms in total. The van der Waals surface area contributed by atoms with Gasteiger partial charge < -0.3 is 0 Å². The molecule has 0 N–H and O–H groups in total. The standard InChI is InChI=1S/C14H13ClN4/c15-6-5-13-10-19(18-17-13)9-11-7-12-3-1-2-4-14(12)16-8-11/h1-4,7-8,10H,5-6,9H2. The molecule has 0 fully saturated rings. The molecule has 96 valence electrons. The zero-order valence-corrected chi connectivity index (χ0v) is 11.1. The van der Waals surface area contributed by atoms with Crippen molar-refractivity contribution in [3.05, 3.63) is 54.0 Å². The van der Waals surface area contributed by atoms with Gasteiger partial charge in [-0.15, -0.1) is 16.7 Å². The van der Waals surface area contributed by atoms with Gasteiger partial charge in [0.1, 0.15) is 0 Å². The minimum absolute atomic E-state index is 0.566. The molecule has 0 bridgehead atoms. The normalized spacial score (nSPS) is 11.0. The maximum Gasteiger partial charge on any atom is 0.0839 e. The molecule has 0 unspecified atom stereocenters. The van der Waals surface area contributed by atoms with Crippen molar-refractivity contribution in [2.75, 3.05) is 5.88 Å². The fourth-order valence-electron chi connectivity index (χ4n) is 2.02. The zero-order valence-electron chi connectivity index (χ0n) is 10.3. The summed E-state index contributed by atoms with van der Waals surface area (Å²) in [5.41, 5.74) is 3.04. The summed E-state index contributed by atoms with van der Waals surface area (Å²) in [5.74, 6) is 0.566. The number of pyridine rings is 1. The molecule has 0 aliphatic rings. The van der Waals surface area contributed by atoms with Crippen LogP contribution in [0.25, 0.3) is 10.9 Å². The number of aryl methyl sites for hydroxylation is 1. The van der Waals surface area contributed by atoms with Gasteiger partial charge in [0.2, 0.25) is 0 Å². The number of nitrogens with zero attached hydrogens (tertiary/aromatic N) is 4. The fourth-order valence-corrected chi connectivity index (χ4v) is 2.21. The van der Waals surface area contributed by atoms with Crippen molar-refractivity contribution in [3.8, 4) is 0 Å². The number of rotatable bonds is 4. The minimum Gasteiger partial charge on any atom is -0.256 e. The summed E-state index contributed by atoms with van der Waals surface area (Å²) in [7, 11) is 0. The lowest BCUT2D eigenvalue weighted by atomic mass is 10.1. The van der Waals surface area contributed by atoms with Gasteiger partial charge >= 0.3 is 0 Å². The predicted molar refractivity (Wildman–Crippen MR) is 75.3 cm³/mol. The summed E-state index contributed by atoms with van der Waals surface area (Å²) in [6, 6.07) is 10.2. The molecule has 19 heavy (non-hydrogen) atoms. The third-order valence-electron chi connectivity index (χ3n) is 2.93. The Hall–Kier alpha value is -1.94. The van der Waals surface area contributed by atoms with Crippen molar-refractivity contribution >= 4 is 22.5 Å². The largest absolute Gasteiger partial charge is 0.256 e. The highest BCUT2D eigenvalue weighted by Gasteiger charge is 2.02. The van der Waals surface area contributed by atoms with Crippen LogP contribution >= 0.6 is 11.6 Å². The highest BCUT2D eigenvalue weighted by molar-refractivity contribution is 6.17. The molecule has 5 heteroatoms. The number of hydrogen-bond acceptors (Lipinski definition) is 3. The van der Waals surface area contributed by atoms with Crippen LogP contribution in [0.1, 0.15) is 11.3 Å². The Kier molecular flexibility index (Phi) is 3.42. The second-order valence-corrected chi connectivity index (χ2v) is 4.76. The topological polar surface area (TPSA) is 43.6 Å². The van der Waals surface area contributed by atoms with Crippen LogP contribution in [-0.2, 0) is 13.0 Å². The quantitative estimate of drug-likeness (QED) is 0.686. The van der Waals surface area contributed by atoms with Crippen molar-refractivity contribution in [1.82, 2.24) is 20.0 Å². The molecule has 0 saturated carbocycles. The summed E-state index contributed by atoms with van der Waals surface area (Å²) in [6.07, 6.45) is 4.56. The first-order valence-electron chi connectivity index (χ1n) is 6.14. The summed E-state index contributed by atoms with van der Waals surface area (Å²) in [5, 5.41) is 9.30. The van der Waals surface area contributed by atoms with Gasteiger partial charge in [0.05, 0.1) is 17.8 Å². The minimum atomic E-state index is 0.566. The van der Waals surface area contributed by atoms with E-state index >= 15 is 0 Å². The average Bonchev–Trinajstić information content (AvgIpc) is 2.86. The molecule has 2 heterocycles. The summed E-state index contributed by atoms with van der Waals surface area (Å²) >= 11 is 5.68. The molecule has 3 aromatic rings. The van der Waals surface area contributed by atoms with Crippen LogP contribution in [0.3, 0.4) is 0 Å². The number of alkyl halides is 1. The van der Waals surface area contributed by atoms with E-state index < -0.39 is 0 Å². The number of halogens is 1. The van der Waals surface area contributed by atoms with Crippen molar-refractivity contribution < 1.29 is 0 Å². The summed E-state index contributed by atoms with van der Waals surface area (Å²) in [6.45, 7) is 0.674. The Morgan fingerprint density at radius 1 is 1.21 bits per heavy atom. The van der Waals surface area contributed by atoms with Crippen LogP contribution in [0.2, 0.25) is 0 Å². The molecule has 0 atom stereocenters. The Bertz CT molecular complexity index is 692. The molecule has 1 aromatic carbocycles. The smallest absolute Gasteiger partial charge is 0.0839 e. The number of benzene rings is 1. The highest BCUT2D eigenvalue weighted by Crippen LogP contribution is 2.13. The SMILES string of the molecule is ClCCc1cn(Cc2cnc3ccccc3c2)nn1. The molecule has 0 radical (unpaired) electrons. The Labute approximate surface area is 116 Å². The molecular weight excluding hydrogens is 260 g/mol. The van der Waals surface area contributed by atoms with Crippen molar-refractivity contribution in [2.24, 2.45) is 0 Å². The second kappa shape index (κ2) is 5.36. The van der Waals surface area contributed by atoms with Gasteiger partial charge in [0.15, 0.2) is 0 Å². The maximum atomic E-state index is 5.68. The van der Waals surface area contributed by atoms with Crippen molar-refractivity contribution in [1.29, 1.82) is 0 Å². The lowest BCUT2D eigenvalue weighted by molar-refractivity contribution is 0.648. The van der Waals surface area contributed by atoms with E-state index in [9.17, 15) is 0 Å². The Morgan fingerprint density at radius 3 is 3.00 bits per heavy atom. The first kappa shape index (κ1) is 12.1. The van der Waals surface area contributed by atoms with E-state index in [0.717, 1.165) is 28.6 Å². The predicted octanol–water partition coefficient (Wildman–Crippen LogP) is 2.66. The lowest BCUT2D eigenvalue weighted by Gasteiger charge is -2.02. The molecule has 0 amide bonds. The third-order valence-corrected chi connectivity index (χ3v) is 3.12. The fraction of sp³-hybridized carbons (Fsp3) is 0.214. The zero-order chi connectivity index (χ0) is 13.1. The number of para-hydroxylation sites is 1. The van der Waals surface area contributed by atoms with Gasteiger partial charge in [0.25, 0.3) is 0 Å². The second-order valence-electron chi connectivity index (χ2n) is 4.38. The molecule has 2 aromatic heterocycles. The van der Waals surface area contributed by atoms with E-state index in [1.807, 2.05) is 35.3 Å². The molecule has 0 aliphatic heterocycles. The highest BCUT2D eigenvalue weighted by atomic mass is 35.5. The molecule has 0 aliphatic carbocycles. The van der Waals surface area contributed by atoms with Crippen LogP contribution in [0.4, 0.5) is 0 Å². The molecule has 0 spiro atoms. The first-order chi connectivity index (χ1) is 9.35. The Morgan fingerprint density at radius 2 is 2.11 bits per heavy atom. The van der Waals surface area contributed by atoms with E-state index in [0.29, 0.717) is 12.4 Å². The summed E-state index contributed by atoms with van der Waals surface area (Å²) in [4.78, 5) is 4.44. The van der Waals surface area contributed by atoms with Gasteiger partial charge in [-0.25, -0.2) is 4.68 Å². The van der Waals surface area contributed by atoms with Gasteiger partial charge in [0, 0.05) is 30.1 Å². The first-order valence-corrected chi connectivity index (χ1v) is 6.67. The van der Waals surface area contributed by atoms with Crippen LogP contribution in [-0.4, -0.2) is 25.9 Å². The van der Waals surface area contributed by atoms with E-state index in [1.54, 1.807) is 0 Å². The maximum absolute atomic E-state index is 5.68. The van der Waals surface area contributed by atoms with Crippen LogP contribution in [0.15, 0.2) is 42.7 Å². The van der Waals surface area contributed by atoms with E-state index in [4.69, 9.17) is 11.6 Å². The molecule has 3 rings (SSSR count). The van der Waals surface area contributed by atoms with Crippen LogP contribution in [0, 0.1) is 0 Å². The monoisotopic (exact) mass is 272 g/mol. The van der Waals surface area contributed by atoms with Gasteiger partial charge in [-0.3, -0.25) is 4.98 Å². The number of fused-ring (bicyclic) bond motifs is 1. The van der Waals surface area contributed by atoms with Crippen LogP contribution < -0.4 is 0 Å². The number of aromatic nitrogens is 4. The van der Waals surface area contributed by atoms with Crippen molar-refractivity contribution in [2.45, 2.75) is 13.0 Å². The number of hydrogen-bond donors (Lipinski definition) is 0. The molecule has 0 saturated heterocycles. The van der Waals surface area contributed by atoms with E-state index in [2.05, 4.69) is 27.4 Å². The van der Waals surface area contributed by atoms with E-state index in [-0.39, 0.29) is 0 Å². The summed E-state index contributed by atoms with van der Waals surface area (Å²) < 4.78 is 1.81. The lowest BCUT2D eigenvalue weighted by Crippen LogP contribution is -2.01. The van der Waals surface area contributed by atoms with Gasteiger partial charge in [-0.05, 0) is 17.7 Å². The third kappa shape index (κ3) is 2.74.